The van der Waals surface area contributed by atoms with Crippen molar-refractivity contribution in [3.63, 3.8) is 0 Å². The van der Waals surface area contributed by atoms with Crippen molar-refractivity contribution in [1.29, 1.82) is 0 Å². The number of para-hydroxylation sites is 1. The molecule has 0 saturated carbocycles. The van der Waals surface area contributed by atoms with Crippen LogP contribution in [0.1, 0.15) is 18.4 Å². The maximum atomic E-state index is 10.1. The molecule has 0 spiro atoms. The number of aliphatic hydroxyl groups is 1. The monoisotopic (exact) mass is 242 g/mol. The molecule has 18 heavy (non-hydrogen) atoms. The molecule has 0 amide bonds. The second kappa shape index (κ2) is 6.22. The minimum absolute atomic E-state index is 0.0647. The van der Waals surface area contributed by atoms with Crippen molar-refractivity contribution in [1.82, 2.24) is 0 Å². The quantitative estimate of drug-likeness (QED) is 0.872. The van der Waals surface area contributed by atoms with Crippen LogP contribution in [-0.4, -0.2) is 17.8 Å². The van der Waals surface area contributed by atoms with Gasteiger partial charge in [-0.05, 0) is 17.7 Å². The Labute approximate surface area is 108 Å². The fraction of sp³-hybridized carbons (Fsp3) is 0.250. The molecule has 2 aromatic carbocycles. The van der Waals surface area contributed by atoms with Crippen LogP contribution in [0.3, 0.4) is 0 Å². The highest BCUT2D eigenvalue weighted by Gasteiger charge is 2.16. The van der Waals surface area contributed by atoms with Crippen LogP contribution >= 0.6 is 0 Å². The van der Waals surface area contributed by atoms with E-state index >= 15 is 0 Å². The average molecular weight is 242 g/mol. The fourth-order valence-electron chi connectivity index (χ4n) is 1.82. The van der Waals surface area contributed by atoms with Gasteiger partial charge in [-0.3, -0.25) is 0 Å². The van der Waals surface area contributed by atoms with Gasteiger partial charge in [0, 0.05) is 5.92 Å². The molecule has 0 aliphatic carbocycles. The summed E-state index contributed by atoms with van der Waals surface area (Å²) in [6.45, 7) is 2.31. The Kier molecular flexibility index (Phi) is 4.37. The molecule has 0 fully saturated rings. The third kappa shape index (κ3) is 3.34. The third-order valence-electron chi connectivity index (χ3n) is 3.07. The molecule has 2 rings (SSSR count). The van der Waals surface area contributed by atoms with E-state index < -0.39 is 6.10 Å². The molecule has 2 heteroatoms. The zero-order chi connectivity index (χ0) is 12.8. The summed E-state index contributed by atoms with van der Waals surface area (Å²) in [7, 11) is 0. The van der Waals surface area contributed by atoms with Crippen LogP contribution in [0, 0.1) is 0 Å². The van der Waals surface area contributed by atoms with Gasteiger partial charge in [-0.25, -0.2) is 0 Å². The summed E-state index contributed by atoms with van der Waals surface area (Å²) in [4.78, 5) is 0. The van der Waals surface area contributed by atoms with Gasteiger partial charge in [-0.2, -0.15) is 0 Å². The molecule has 0 heterocycles. The molecule has 0 saturated heterocycles. The van der Waals surface area contributed by atoms with Crippen LogP contribution in [0.15, 0.2) is 60.7 Å². The number of aliphatic hydroxyl groups excluding tert-OH is 1. The number of benzene rings is 2. The Morgan fingerprint density at radius 2 is 1.50 bits per heavy atom. The Bertz CT molecular complexity index is 453. The highest BCUT2D eigenvalue weighted by molar-refractivity contribution is 5.22. The summed E-state index contributed by atoms with van der Waals surface area (Å²) < 4.78 is 5.56. The van der Waals surface area contributed by atoms with Gasteiger partial charge in [0.15, 0.2) is 0 Å². The lowest BCUT2D eigenvalue weighted by molar-refractivity contribution is 0.0884. The number of rotatable bonds is 5. The predicted octanol–water partition coefficient (Wildman–Crippen LogP) is 3.23. The molecule has 0 radical (unpaired) electrons. The van der Waals surface area contributed by atoms with Crippen LogP contribution < -0.4 is 4.74 Å². The van der Waals surface area contributed by atoms with Gasteiger partial charge in [-0.1, -0.05) is 55.5 Å². The molecule has 0 aliphatic rings. The summed E-state index contributed by atoms with van der Waals surface area (Å²) >= 11 is 0. The highest BCUT2D eigenvalue weighted by Crippen LogP contribution is 2.19. The van der Waals surface area contributed by atoms with Crippen LogP contribution in [0.5, 0.6) is 5.75 Å². The molecule has 2 nitrogen and oxygen atoms in total. The SMILES string of the molecule is CC(c1ccccc1)C(O)COc1ccccc1. The lowest BCUT2D eigenvalue weighted by atomic mass is 9.96. The lowest BCUT2D eigenvalue weighted by Gasteiger charge is -2.19. The summed E-state index contributed by atoms with van der Waals surface area (Å²) in [5, 5.41) is 10.1. The summed E-state index contributed by atoms with van der Waals surface area (Å²) in [6.07, 6.45) is -0.507. The van der Waals surface area contributed by atoms with Crippen LogP contribution in [0.2, 0.25) is 0 Å². The lowest BCUT2D eigenvalue weighted by Crippen LogP contribution is -2.23. The topological polar surface area (TPSA) is 29.5 Å². The van der Waals surface area contributed by atoms with E-state index in [1.54, 1.807) is 0 Å². The molecule has 2 aromatic rings. The van der Waals surface area contributed by atoms with E-state index in [4.69, 9.17) is 4.74 Å². The van der Waals surface area contributed by atoms with Crippen molar-refractivity contribution in [3.8, 4) is 5.75 Å². The maximum absolute atomic E-state index is 10.1. The van der Waals surface area contributed by atoms with Crippen molar-refractivity contribution in [2.24, 2.45) is 0 Å². The Morgan fingerprint density at radius 3 is 2.11 bits per heavy atom. The first-order chi connectivity index (χ1) is 8.77. The van der Waals surface area contributed by atoms with Crippen molar-refractivity contribution in [2.75, 3.05) is 6.61 Å². The van der Waals surface area contributed by atoms with E-state index in [-0.39, 0.29) is 5.92 Å². The third-order valence-corrected chi connectivity index (χ3v) is 3.07. The van der Waals surface area contributed by atoms with Gasteiger partial charge >= 0.3 is 0 Å². The Morgan fingerprint density at radius 1 is 0.944 bits per heavy atom. The molecular formula is C16H18O2. The standard InChI is InChI=1S/C16H18O2/c1-13(14-8-4-2-5-9-14)16(17)12-18-15-10-6-3-7-11-15/h2-11,13,16-17H,12H2,1H3. The number of hydrogen-bond acceptors (Lipinski definition) is 2. The second-order valence-electron chi connectivity index (χ2n) is 4.39. The minimum atomic E-state index is -0.507. The number of ether oxygens (including phenoxy) is 1. The van der Waals surface area contributed by atoms with E-state index in [2.05, 4.69) is 0 Å². The van der Waals surface area contributed by atoms with Crippen molar-refractivity contribution in [3.05, 3.63) is 66.2 Å². The van der Waals surface area contributed by atoms with Crippen LogP contribution in [0.25, 0.3) is 0 Å². The van der Waals surface area contributed by atoms with Gasteiger partial charge in [0.2, 0.25) is 0 Å². The van der Waals surface area contributed by atoms with Crippen LogP contribution in [0.4, 0.5) is 0 Å². The summed E-state index contributed by atoms with van der Waals surface area (Å²) in [5.41, 5.74) is 1.13. The van der Waals surface area contributed by atoms with Crippen LogP contribution in [-0.2, 0) is 0 Å². The van der Waals surface area contributed by atoms with Gasteiger partial charge in [0.05, 0.1) is 6.10 Å². The highest BCUT2D eigenvalue weighted by atomic mass is 16.5. The number of hydrogen-bond donors (Lipinski definition) is 1. The second-order valence-corrected chi connectivity index (χ2v) is 4.39. The van der Waals surface area contributed by atoms with Gasteiger partial charge in [0.1, 0.15) is 12.4 Å². The zero-order valence-corrected chi connectivity index (χ0v) is 10.5. The molecule has 1 N–H and O–H groups in total. The smallest absolute Gasteiger partial charge is 0.119 e. The normalized spacial score (nSPS) is 13.9. The minimum Gasteiger partial charge on any atom is -0.491 e. The first-order valence-corrected chi connectivity index (χ1v) is 6.18. The van der Waals surface area contributed by atoms with Gasteiger partial charge in [-0.15, -0.1) is 0 Å². The molecule has 0 aliphatic heterocycles. The van der Waals surface area contributed by atoms with Crippen molar-refractivity contribution >= 4 is 0 Å². The van der Waals surface area contributed by atoms with E-state index in [0.717, 1.165) is 11.3 Å². The largest absolute Gasteiger partial charge is 0.491 e. The summed E-state index contributed by atoms with van der Waals surface area (Å²) in [5.74, 6) is 0.853. The van der Waals surface area contributed by atoms with Crippen molar-refractivity contribution in [2.45, 2.75) is 18.9 Å². The van der Waals surface area contributed by atoms with E-state index in [9.17, 15) is 5.11 Å². The molecule has 0 aromatic heterocycles. The van der Waals surface area contributed by atoms with E-state index in [0.29, 0.717) is 6.61 Å². The van der Waals surface area contributed by atoms with Gasteiger partial charge in [0.25, 0.3) is 0 Å². The summed E-state index contributed by atoms with van der Waals surface area (Å²) in [6, 6.07) is 19.5. The first kappa shape index (κ1) is 12.7. The molecule has 94 valence electrons. The molecule has 2 atom stereocenters. The van der Waals surface area contributed by atoms with Gasteiger partial charge < -0.3 is 9.84 Å². The predicted molar refractivity (Wildman–Crippen MR) is 72.8 cm³/mol. The van der Waals surface area contributed by atoms with E-state index in [1.165, 1.54) is 0 Å². The average Bonchev–Trinajstić information content (AvgIpc) is 2.46. The van der Waals surface area contributed by atoms with Crippen molar-refractivity contribution < 1.29 is 9.84 Å². The molecular weight excluding hydrogens is 224 g/mol. The molecule has 2 unspecified atom stereocenters. The molecule has 0 bridgehead atoms. The zero-order valence-electron chi connectivity index (χ0n) is 10.5. The first-order valence-electron chi connectivity index (χ1n) is 6.18. The maximum Gasteiger partial charge on any atom is 0.119 e. The Hall–Kier alpha value is -1.80. The fourth-order valence-corrected chi connectivity index (χ4v) is 1.82. The van der Waals surface area contributed by atoms with E-state index in [1.807, 2.05) is 67.6 Å². The Balaban J connectivity index is 1.90.